The van der Waals surface area contributed by atoms with Crippen LogP contribution in [0.15, 0.2) is 16.8 Å². The van der Waals surface area contributed by atoms with Gasteiger partial charge in [-0.15, -0.1) is 0 Å². The number of hydrogen-bond donors (Lipinski definition) is 1. The van der Waals surface area contributed by atoms with E-state index in [1.54, 1.807) is 11.3 Å². The summed E-state index contributed by atoms with van der Waals surface area (Å²) < 4.78 is 0. The van der Waals surface area contributed by atoms with Crippen molar-refractivity contribution in [2.45, 2.75) is 65.8 Å². The molecular formula is C16H29NS. The molecule has 0 amide bonds. The van der Waals surface area contributed by atoms with Gasteiger partial charge in [0.25, 0.3) is 0 Å². The van der Waals surface area contributed by atoms with Gasteiger partial charge in [-0.2, -0.15) is 11.3 Å². The highest BCUT2D eigenvalue weighted by Gasteiger charge is 2.13. The average molecular weight is 267 g/mol. The summed E-state index contributed by atoms with van der Waals surface area (Å²) in [6.45, 7) is 10.4. The Bertz CT molecular complexity index is 297. The van der Waals surface area contributed by atoms with Gasteiger partial charge in [0, 0.05) is 6.04 Å². The third-order valence-electron chi connectivity index (χ3n) is 3.22. The molecule has 0 aliphatic heterocycles. The van der Waals surface area contributed by atoms with Crippen molar-refractivity contribution in [2.24, 2.45) is 5.41 Å². The van der Waals surface area contributed by atoms with Crippen molar-refractivity contribution < 1.29 is 0 Å². The second kappa shape index (κ2) is 7.96. The van der Waals surface area contributed by atoms with Gasteiger partial charge >= 0.3 is 0 Å². The lowest BCUT2D eigenvalue weighted by atomic mass is 9.88. The molecule has 1 rings (SSSR count). The van der Waals surface area contributed by atoms with Crippen LogP contribution in [0.5, 0.6) is 0 Å². The maximum atomic E-state index is 3.70. The van der Waals surface area contributed by atoms with Crippen molar-refractivity contribution in [1.82, 2.24) is 5.32 Å². The summed E-state index contributed by atoms with van der Waals surface area (Å²) in [5.41, 5.74) is 1.96. The first-order valence-electron chi connectivity index (χ1n) is 7.26. The molecule has 1 aromatic rings. The maximum Gasteiger partial charge on any atom is 0.0108 e. The molecule has 104 valence electrons. The minimum Gasteiger partial charge on any atom is -0.314 e. The molecule has 0 radical (unpaired) electrons. The molecule has 1 atom stereocenters. The zero-order valence-corrected chi connectivity index (χ0v) is 13.3. The molecule has 1 aromatic heterocycles. The molecule has 0 spiro atoms. The second-order valence-corrected chi connectivity index (χ2v) is 7.22. The third kappa shape index (κ3) is 7.17. The zero-order chi connectivity index (χ0) is 13.4. The van der Waals surface area contributed by atoms with Gasteiger partial charge in [-0.05, 0) is 60.0 Å². The monoisotopic (exact) mass is 267 g/mol. The first-order chi connectivity index (χ1) is 8.51. The lowest BCUT2D eigenvalue weighted by Gasteiger charge is -2.22. The molecule has 2 heteroatoms. The Morgan fingerprint density at radius 1 is 1.33 bits per heavy atom. The summed E-state index contributed by atoms with van der Waals surface area (Å²) >= 11 is 1.81. The largest absolute Gasteiger partial charge is 0.314 e. The van der Waals surface area contributed by atoms with Crippen molar-refractivity contribution >= 4 is 11.3 Å². The Morgan fingerprint density at radius 3 is 2.67 bits per heavy atom. The lowest BCUT2D eigenvalue weighted by Crippen LogP contribution is -2.31. The van der Waals surface area contributed by atoms with Gasteiger partial charge in [-0.3, -0.25) is 0 Å². The van der Waals surface area contributed by atoms with Crippen LogP contribution in [0, 0.1) is 5.41 Å². The number of rotatable bonds is 8. The van der Waals surface area contributed by atoms with Crippen LogP contribution >= 0.6 is 11.3 Å². The van der Waals surface area contributed by atoms with Gasteiger partial charge < -0.3 is 5.32 Å². The average Bonchev–Trinajstić information content (AvgIpc) is 2.76. The van der Waals surface area contributed by atoms with Crippen LogP contribution in [0.2, 0.25) is 0 Å². The molecule has 1 heterocycles. The molecule has 0 fully saturated rings. The Morgan fingerprint density at radius 2 is 2.11 bits per heavy atom. The maximum absolute atomic E-state index is 3.70. The van der Waals surface area contributed by atoms with Gasteiger partial charge in [-0.1, -0.05) is 34.1 Å². The lowest BCUT2D eigenvalue weighted by molar-refractivity contribution is 0.341. The van der Waals surface area contributed by atoms with Crippen LogP contribution in [0.1, 0.15) is 58.9 Å². The van der Waals surface area contributed by atoms with Crippen LogP contribution in [-0.4, -0.2) is 12.6 Å². The summed E-state index contributed by atoms with van der Waals surface area (Å²) in [6, 6.07) is 2.91. The van der Waals surface area contributed by atoms with Crippen LogP contribution in [-0.2, 0) is 6.42 Å². The van der Waals surface area contributed by atoms with Gasteiger partial charge in [0.05, 0.1) is 0 Å². The van der Waals surface area contributed by atoms with E-state index in [0.29, 0.717) is 11.5 Å². The van der Waals surface area contributed by atoms with Crippen LogP contribution in [0.3, 0.4) is 0 Å². The second-order valence-electron chi connectivity index (χ2n) is 6.44. The molecule has 0 aliphatic carbocycles. The van der Waals surface area contributed by atoms with Crippen LogP contribution in [0.25, 0.3) is 0 Å². The highest BCUT2D eigenvalue weighted by molar-refractivity contribution is 7.07. The summed E-state index contributed by atoms with van der Waals surface area (Å²) in [7, 11) is 0. The van der Waals surface area contributed by atoms with E-state index in [1.165, 1.54) is 37.7 Å². The SMILES string of the molecule is CCCNC(CCCC(C)(C)C)Cc1ccsc1. The molecule has 18 heavy (non-hydrogen) atoms. The van der Waals surface area contributed by atoms with Crippen LogP contribution < -0.4 is 5.32 Å². The standard InChI is InChI=1S/C16H29NS/c1-5-10-17-15(7-6-9-16(2,3)4)12-14-8-11-18-13-14/h8,11,13,15,17H,5-7,9-10,12H2,1-4H3. The van der Waals surface area contributed by atoms with E-state index in [2.05, 4.69) is 49.8 Å². The van der Waals surface area contributed by atoms with Gasteiger partial charge in [0.1, 0.15) is 0 Å². The Hall–Kier alpha value is -0.340. The molecule has 0 aromatic carbocycles. The van der Waals surface area contributed by atoms with E-state index in [9.17, 15) is 0 Å². The molecule has 0 saturated carbocycles. The number of nitrogens with one attached hydrogen (secondary N) is 1. The Labute approximate surface area is 117 Å². The van der Waals surface area contributed by atoms with E-state index >= 15 is 0 Å². The smallest absolute Gasteiger partial charge is 0.0108 e. The fourth-order valence-corrected chi connectivity index (χ4v) is 2.88. The minimum absolute atomic E-state index is 0.470. The van der Waals surface area contributed by atoms with Gasteiger partial charge in [0.15, 0.2) is 0 Å². The van der Waals surface area contributed by atoms with Crippen molar-refractivity contribution in [1.29, 1.82) is 0 Å². The summed E-state index contributed by atoms with van der Waals surface area (Å²) in [6.07, 6.45) is 6.36. The minimum atomic E-state index is 0.470. The van der Waals surface area contributed by atoms with E-state index < -0.39 is 0 Å². The predicted molar refractivity (Wildman–Crippen MR) is 83.4 cm³/mol. The molecule has 1 nitrogen and oxygen atoms in total. The van der Waals surface area contributed by atoms with E-state index in [-0.39, 0.29) is 0 Å². The Kier molecular flexibility index (Phi) is 6.95. The highest BCUT2D eigenvalue weighted by Crippen LogP contribution is 2.22. The third-order valence-corrected chi connectivity index (χ3v) is 3.96. The van der Waals surface area contributed by atoms with Crippen molar-refractivity contribution in [2.75, 3.05) is 6.54 Å². The number of hydrogen-bond acceptors (Lipinski definition) is 2. The van der Waals surface area contributed by atoms with Crippen molar-refractivity contribution in [3.63, 3.8) is 0 Å². The van der Waals surface area contributed by atoms with E-state index in [1.807, 2.05) is 0 Å². The topological polar surface area (TPSA) is 12.0 Å². The summed E-state index contributed by atoms with van der Waals surface area (Å²) in [4.78, 5) is 0. The molecule has 1 unspecified atom stereocenters. The number of thiophene rings is 1. The highest BCUT2D eigenvalue weighted by atomic mass is 32.1. The molecule has 0 saturated heterocycles. The van der Waals surface area contributed by atoms with Gasteiger partial charge in [-0.25, -0.2) is 0 Å². The van der Waals surface area contributed by atoms with Crippen molar-refractivity contribution in [3.05, 3.63) is 22.4 Å². The molecule has 0 bridgehead atoms. The van der Waals surface area contributed by atoms with Crippen LogP contribution in [0.4, 0.5) is 0 Å². The quantitative estimate of drug-likeness (QED) is 0.708. The fourth-order valence-electron chi connectivity index (χ4n) is 2.20. The summed E-state index contributed by atoms with van der Waals surface area (Å²) in [5.74, 6) is 0. The molecular weight excluding hydrogens is 238 g/mol. The normalized spacial score (nSPS) is 13.8. The van der Waals surface area contributed by atoms with E-state index in [4.69, 9.17) is 0 Å². The first kappa shape index (κ1) is 15.7. The fraction of sp³-hybridized carbons (Fsp3) is 0.750. The molecule has 0 aliphatic rings. The van der Waals surface area contributed by atoms with Crippen molar-refractivity contribution in [3.8, 4) is 0 Å². The van der Waals surface area contributed by atoms with Gasteiger partial charge in [0.2, 0.25) is 0 Å². The predicted octanol–water partition coefficient (Wildman–Crippen LogP) is 4.88. The summed E-state index contributed by atoms with van der Waals surface area (Å²) in [5, 5.41) is 8.16. The van der Waals surface area contributed by atoms with E-state index in [0.717, 1.165) is 6.54 Å². The molecule has 1 N–H and O–H groups in total. The Balaban J connectivity index is 2.35. The zero-order valence-electron chi connectivity index (χ0n) is 12.5. The first-order valence-corrected chi connectivity index (χ1v) is 8.20.